The number of hydrogen-bond donors (Lipinski definition) is 2. The molecule has 0 amide bonds. The van der Waals surface area contributed by atoms with Crippen LogP contribution in [-0.4, -0.2) is 0 Å². The van der Waals surface area contributed by atoms with Gasteiger partial charge < -0.3 is 10.6 Å². The smallest absolute Gasteiger partial charge is 0.0544 e. The van der Waals surface area contributed by atoms with Crippen LogP contribution in [0.3, 0.4) is 0 Å². The van der Waals surface area contributed by atoms with Gasteiger partial charge in [-0.3, -0.25) is 0 Å². The van der Waals surface area contributed by atoms with Gasteiger partial charge in [0.05, 0.1) is 11.4 Å². The van der Waals surface area contributed by atoms with Gasteiger partial charge in [0.1, 0.15) is 0 Å². The summed E-state index contributed by atoms with van der Waals surface area (Å²) in [6.45, 7) is 0. The van der Waals surface area contributed by atoms with Crippen molar-refractivity contribution < 1.29 is 0 Å². The van der Waals surface area contributed by atoms with E-state index in [4.69, 9.17) is 0 Å². The molecule has 62 heavy (non-hydrogen) atoms. The fraction of sp³-hybridized carbons (Fsp3) is 0. The summed E-state index contributed by atoms with van der Waals surface area (Å²) in [5.41, 5.74) is 11.6. The van der Waals surface area contributed by atoms with Crippen LogP contribution in [0.1, 0.15) is 0 Å². The molecule has 0 aromatic heterocycles. The van der Waals surface area contributed by atoms with Gasteiger partial charge in [-0.1, -0.05) is 218 Å². The zero-order chi connectivity index (χ0) is 41.0. The molecule has 12 aromatic carbocycles. The van der Waals surface area contributed by atoms with Gasteiger partial charge in [0, 0.05) is 49.1 Å². The van der Waals surface area contributed by atoms with Crippen molar-refractivity contribution in [2.24, 2.45) is 0 Å². The second kappa shape index (κ2) is 14.8. The normalized spacial score (nSPS) is 11.5. The third-order valence-corrected chi connectivity index (χ3v) is 12.6. The van der Waals surface area contributed by atoms with E-state index in [-0.39, 0.29) is 0 Å². The van der Waals surface area contributed by atoms with Crippen LogP contribution < -0.4 is 10.6 Å². The first-order valence-corrected chi connectivity index (χ1v) is 21.4. The summed E-state index contributed by atoms with van der Waals surface area (Å²) >= 11 is 0. The van der Waals surface area contributed by atoms with Crippen molar-refractivity contribution >= 4 is 87.4 Å². The van der Waals surface area contributed by atoms with Gasteiger partial charge in [-0.2, -0.15) is 0 Å². The Labute approximate surface area is 360 Å². The first kappa shape index (κ1) is 35.7. The zero-order valence-corrected chi connectivity index (χ0v) is 33.9. The van der Waals surface area contributed by atoms with Gasteiger partial charge in [-0.25, -0.2) is 0 Å². The van der Waals surface area contributed by atoms with E-state index in [1.54, 1.807) is 0 Å². The molecule has 0 heterocycles. The van der Waals surface area contributed by atoms with Gasteiger partial charge in [0.25, 0.3) is 0 Å². The molecule has 12 rings (SSSR count). The lowest BCUT2D eigenvalue weighted by Gasteiger charge is -2.25. The predicted molar refractivity (Wildman–Crippen MR) is 267 cm³/mol. The van der Waals surface area contributed by atoms with E-state index >= 15 is 0 Å². The average Bonchev–Trinajstić information content (AvgIpc) is 3.34. The molecule has 0 radical (unpaired) electrons. The van der Waals surface area contributed by atoms with Crippen molar-refractivity contribution in [1.29, 1.82) is 0 Å². The minimum absolute atomic E-state index is 1.08. The molecule has 0 saturated carbocycles. The summed E-state index contributed by atoms with van der Waals surface area (Å²) in [6.07, 6.45) is 0. The highest BCUT2D eigenvalue weighted by atomic mass is 14.9. The highest BCUT2D eigenvalue weighted by Gasteiger charge is 2.25. The zero-order valence-electron chi connectivity index (χ0n) is 33.9. The molecule has 0 unspecified atom stereocenters. The third-order valence-electron chi connectivity index (χ3n) is 12.6. The van der Waals surface area contributed by atoms with E-state index in [9.17, 15) is 0 Å². The topological polar surface area (TPSA) is 24.1 Å². The molecule has 2 heteroatoms. The molecule has 290 valence electrons. The molecule has 2 N–H and O–H groups in total. The Morgan fingerprint density at radius 3 is 1.13 bits per heavy atom. The van der Waals surface area contributed by atoms with Crippen LogP contribution in [-0.2, 0) is 0 Å². The largest absolute Gasteiger partial charge is 0.354 e. The molecule has 0 spiro atoms. The Morgan fingerprint density at radius 1 is 0.226 bits per heavy atom. The van der Waals surface area contributed by atoms with E-state index in [1.807, 2.05) is 0 Å². The van der Waals surface area contributed by atoms with Crippen LogP contribution in [0.2, 0.25) is 0 Å². The summed E-state index contributed by atoms with van der Waals surface area (Å²) in [5, 5.41) is 22.3. The fourth-order valence-corrected chi connectivity index (χ4v) is 9.90. The standard InChI is InChI=1S/C60H40N2/c1-3-19-41(20-4-1)45-37-38-52-58(55(45)42-23-5-2-6-24-42)57(48-31-13-16-34-51(48)60(52)62-54-36-18-26-40-22-8-10-28-44(40)54)56-46-29-11-14-32-49(46)59(50-33-15-12-30-47(50)56)61-53-35-17-25-39-21-7-9-27-43(39)53/h1-38,61-62H. The molecule has 0 aliphatic heterocycles. The van der Waals surface area contributed by atoms with Crippen molar-refractivity contribution in [3.63, 3.8) is 0 Å². The van der Waals surface area contributed by atoms with E-state index < -0.39 is 0 Å². The minimum Gasteiger partial charge on any atom is -0.354 e. The molecular formula is C60H40N2. The first-order chi connectivity index (χ1) is 30.8. The van der Waals surface area contributed by atoms with E-state index in [2.05, 4.69) is 241 Å². The second-order valence-corrected chi connectivity index (χ2v) is 16.1. The van der Waals surface area contributed by atoms with Crippen molar-refractivity contribution in [1.82, 2.24) is 0 Å². The van der Waals surface area contributed by atoms with E-state index in [0.717, 1.165) is 28.1 Å². The number of nitrogens with one attached hydrogen (secondary N) is 2. The van der Waals surface area contributed by atoms with Gasteiger partial charge >= 0.3 is 0 Å². The lowest BCUT2D eigenvalue weighted by molar-refractivity contribution is 1.60. The molecule has 12 aromatic rings. The molecular weight excluding hydrogens is 749 g/mol. The minimum atomic E-state index is 1.08. The number of anilines is 4. The highest BCUT2D eigenvalue weighted by Crippen LogP contribution is 2.53. The molecule has 0 saturated heterocycles. The Hall–Kier alpha value is -8.20. The summed E-state index contributed by atoms with van der Waals surface area (Å²) in [7, 11) is 0. The second-order valence-electron chi connectivity index (χ2n) is 16.1. The van der Waals surface area contributed by atoms with Gasteiger partial charge in [0.2, 0.25) is 0 Å². The molecule has 2 nitrogen and oxygen atoms in total. The van der Waals surface area contributed by atoms with Crippen LogP contribution >= 0.6 is 0 Å². The monoisotopic (exact) mass is 788 g/mol. The quantitative estimate of drug-likeness (QED) is 0.157. The van der Waals surface area contributed by atoms with Crippen molar-refractivity contribution in [2.45, 2.75) is 0 Å². The number of fused-ring (bicyclic) bond motifs is 6. The number of hydrogen-bond acceptors (Lipinski definition) is 2. The van der Waals surface area contributed by atoms with Gasteiger partial charge in [-0.15, -0.1) is 0 Å². The number of rotatable bonds is 7. The number of benzene rings is 12. The van der Waals surface area contributed by atoms with Crippen LogP contribution in [0.15, 0.2) is 231 Å². The Bertz CT molecular complexity index is 3620. The maximum absolute atomic E-state index is 4.06. The van der Waals surface area contributed by atoms with Crippen molar-refractivity contribution in [2.75, 3.05) is 10.6 Å². The van der Waals surface area contributed by atoms with Crippen LogP contribution in [0.4, 0.5) is 22.7 Å². The highest BCUT2D eigenvalue weighted by molar-refractivity contribution is 6.32. The van der Waals surface area contributed by atoms with Gasteiger partial charge in [0.15, 0.2) is 0 Å². The van der Waals surface area contributed by atoms with Crippen LogP contribution in [0.25, 0.3) is 98.0 Å². The molecule has 0 fully saturated rings. The first-order valence-electron chi connectivity index (χ1n) is 21.4. The summed E-state index contributed by atoms with van der Waals surface area (Å²) in [4.78, 5) is 0. The third kappa shape index (κ3) is 5.80. The lowest BCUT2D eigenvalue weighted by atomic mass is 9.80. The summed E-state index contributed by atoms with van der Waals surface area (Å²) < 4.78 is 0. The molecule has 0 bridgehead atoms. The Morgan fingerprint density at radius 2 is 0.613 bits per heavy atom. The predicted octanol–water partition coefficient (Wildman–Crippen LogP) is 17.1. The van der Waals surface area contributed by atoms with E-state index in [1.165, 1.54) is 92.6 Å². The Balaban J connectivity index is 1.26. The van der Waals surface area contributed by atoms with Crippen molar-refractivity contribution in [3.8, 4) is 33.4 Å². The molecule has 0 atom stereocenters. The maximum Gasteiger partial charge on any atom is 0.0544 e. The summed E-state index contributed by atoms with van der Waals surface area (Å²) in [6, 6.07) is 83.8. The SMILES string of the molecule is c1ccc(-c2ccc3c(Nc4cccc5ccccc45)c4ccccc4c(-c4c5ccccc5c(Nc5cccc6ccccc56)c5ccccc45)c3c2-c2ccccc2)cc1. The summed E-state index contributed by atoms with van der Waals surface area (Å²) in [5.74, 6) is 0. The van der Waals surface area contributed by atoms with Crippen LogP contribution in [0, 0.1) is 0 Å². The Kier molecular flexibility index (Phi) is 8.53. The molecule has 0 aliphatic carbocycles. The lowest BCUT2D eigenvalue weighted by Crippen LogP contribution is -2.00. The van der Waals surface area contributed by atoms with Crippen molar-refractivity contribution in [3.05, 3.63) is 231 Å². The average molecular weight is 789 g/mol. The van der Waals surface area contributed by atoms with Crippen LogP contribution in [0.5, 0.6) is 0 Å². The molecule has 0 aliphatic rings. The fourth-order valence-electron chi connectivity index (χ4n) is 9.90. The maximum atomic E-state index is 4.06. The van der Waals surface area contributed by atoms with E-state index in [0.29, 0.717) is 0 Å². The van der Waals surface area contributed by atoms with Gasteiger partial charge in [-0.05, 0) is 72.4 Å².